The summed E-state index contributed by atoms with van der Waals surface area (Å²) in [6, 6.07) is 7.24. The first-order chi connectivity index (χ1) is 10.0. The van der Waals surface area contributed by atoms with Gasteiger partial charge in [0.05, 0.1) is 12.2 Å². The third-order valence-electron chi connectivity index (χ3n) is 3.00. The van der Waals surface area contributed by atoms with Gasteiger partial charge in [-0.2, -0.15) is 0 Å². The second-order valence-corrected chi connectivity index (χ2v) is 4.83. The highest BCUT2D eigenvalue weighted by atomic mass is 35.5. The van der Waals surface area contributed by atoms with Crippen molar-refractivity contribution in [2.24, 2.45) is 0 Å². The molecule has 0 spiro atoms. The first kappa shape index (κ1) is 15.3. The molecule has 1 heterocycles. The van der Waals surface area contributed by atoms with Crippen molar-refractivity contribution in [1.29, 1.82) is 0 Å². The number of fused-ring (bicyclic) bond motifs is 1. The van der Waals surface area contributed by atoms with Crippen LogP contribution in [0.3, 0.4) is 0 Å². The van der Waals surface area contributed by atoms with Gasteiger partial charge in [-0.3, -0.25) is 9.59 Å². The molecule has 0 aliphatic heterocycles. The van der Waals surface area contributed by atoms with Gasteiger partial charge in [-0.15, -0.1) is 0 Å². The molecule has 1 amide bonds. The van der Waals surface area contributed by atoms with Crippen molar-refractivity contribution in [3.63, 3.8) is 0 Å². The summed E-state index contributed by atoms with van der Waals surface area (Å²) in [4.78, 5) is 29.2. The number of pyridine rings is 1. The van der Waals surface area contributed by atoms with Gasteiger partial charge in [0.15, 0.2) is 0 Å². The van der Waals surface area contributed by atoms with Crippen molar-refractivity contribution in [1.82, 2.24) is 9.88 Å². The minimum atomic E-state index is -0.445. The van der Waals surface area contributed by atoms with Crippen LogP contribution in [0, 0.1) is 0 Å². The molecular weight excluding hydrogens is 292 g/mol. The number of hydrogen-bond donors (Lipinski definition) is 0. The molecule has 0 fully saturated rings. The Morgan fingerprint density at radius 3 is 2.62 bits per heavy atom. The second kappa shape index (κ2) is 6.54. The zero-order valence-corrected chi connectivity index (χ0v) is 12.6. The first-order valence-electron chi connectivity index (χ1n) is 6.49. The standard InChI is InChI=1S/C15H15ClN2O3/c1-3-21-13(19)9-18(2)15(20)12-8-17-14(16)11-7-5-4-6-10(11)12/h4-8H,3,9H2,1-2H3. The molecule has 0 N–H and O–H groups in total. The molecule has 5 nitrogen and oxygen atoms in total. The molecule has 0 saturated heterocycles. The number of rotatable bonds is 4. The SMILES string of the molecule is CCOC(=O)CN(C)C(=O)c1cnc(Cl)c2ccccc12. The summed E-state index contributed by atoms with van der Waals surface area (Å²) in [6.45, 7) is 1.90. The van der Waals surface area contributed by atoms with Gasteiger partial charge in [0.1, 0.15) is 11.7 Å². The number of hydrogen-bond acceptors (Lipinski definition) is 4. The molecule has 0 aliphatic carbocycles. The molecule has 0 atom stereocenters. The Balaban J connectivity index is 2.31. The van der Waals surface area contributed by atoms with Gasteiger partial charge >= 0.3 is 5.97 Å². The molecule has 0 saturated carbocycles. The minimum Gasteiger partial charge on any atom is -0.465 e. The Morgan fingerprint density at radius 2 is 1.95 bits per heavy atom. The average Bonchev–Trinajstić information content (AvgIpc) is 2.47. The van der Waals surface area contributed by atoms with E-state index in [0.29, 0.717) is 21.5 Å². The van der Waals surface area contributed by atoms with E-state index < -0.39 is 5.97 Å². The minimum absolute atomic E-state index is 0.108. The fourth-order valence-corrected chi connectivity index (χ4v) is 2.22. The zero-order valence-electron chi connectivity index (χ0n) is 11.8. The van der Waals surface area contributed by atoms with Crippen LogP contribution in [-0.4, -0.2) is 42.0 Å². The lowest BCUT2D eigenvalue weighted by Crippen LogP contribution is -2.33. The van der Waals surface area contributed by atoms with Crippen LogP contribution in [0.15, 0.2) is 30.5 Å². The van der Waals surface area contributed by atoms with Crippen molar-refractivity contribution < 1.29 is 14.3 Å². The molecule has 0 aliphatic rings. The van der Waals surface area contributed by atoms with Gasteiger partial charge in [0.2, 0.25) is 0 Å². The van der Waals surface area contributed by atoms with E-state index in [1.807, 2.05) is 12.1 Å². The monoisotopic (exact) mass is 306 g/mol. The molecular formula is C15H15ClN2O3. The highest BCUT2D eigenvalue weighted by Crippen LogP contribution is 2.24. The maximum absolute atomic E-state index is 12.4. The van der Waals surface area contributed by atoms with Crippen molar-refractivity contribution in [2.75, 3.05) is 20.2 Å². The third-order valence-corrected chi connectivity index (χ3v) is 3.30. The fourth-order valence-electron chi connectivity index (χ4n) is 2.01. The third kappa shape index (κ3) is 3.31. The van der Waals surface area contributed by atoms with Gasteiger partial charge < -0.3 is 9.64 Å². The van der Waals surface area contributed by atoms with Crippen LogP contribution in [0.25, 0.3) is 10.8 Å². The summed E-state index contributed by atoms with van der Waals surface area (Å²) in [5, 5.41) is 1.75. The number of ether oxygens (including phenoxy) is 1. The summed E-state index contributed by atoms with van der Waals surface area (Å²) in [5.74, 6) is -0.747. The number of carbonyl (C=O) groups is 2. The normalized spacial score (nSPS) is 10.4. The van der Waals surface area contributed by atoms with Crippen molar-refractivity contribution in [3.05, 3.63) is 41.2 Å². The maximum Gasteiger partial charge on any atom is 0.325 e. The van der Waals surface area contributed by atoms with E-state index >= 15 is 0 Å². The van der Waals surface area contributed by atoms with E-state index in [9.17, 15) is 9.59 Å². The Morgan fingerprint density at radius 1 is 1.29 bits per heavy atom. The van der Waals surface area contributed by atoms with E-state index in [1.54, 1.807) is 26.1 Å². The summed E-state index contributed by atoms with van der Waals surface area (Å²) in [5.41, 5.74) is 0.404. The molecule has 1 aromatic carbocycles. The van der Waals surface area contributed by atoms with Gasteiger partial charge in [0.25, 0.3) is 5.91 Å². The van der Waals surface area contributed by atoms with E-state index in [1.165, 1.54) is 11.1 Å². The summed E-state index contributed by atoms with van der Waals surface area (Å²) >= 11 is 6.03. The molecule has 0 bridgehead atoms. The number of esters is 1. The zero-order chi connectivity index (χ0) is 15.4. The number of likely N-dealkylation sites (N-methyl/N-ethyl adjacent to an activating group) is 1. The second-order valence-electron chi connectivity index (χ2n) is 4.47. The predicted octanol–water partition coefficient (Wildman–Crippen LogP) is 2.52. The fraction of sp³-hybridized carbons (Fsp3) is 0.267. The number of carbonyl (C=O) groups excluding carboxylic acids is 2. The molecule has 2 aromatic rings. The van der Waals surface area contributed by atoms with E-state index in [4.69, 9.17) is 16.3 Å². The van der Waals surface area contributed by atoms with Crippen molar-refractivity contribution in [3.8, 4) is 0 Å². The number of benzene rings is 1. The van der Waals surface area contributed by atoms with Crippen LogP contribution >= 0.6 is 11.6 Å². The maximum atomic E-state index is 12.4. The van der Waals surface area contributed by atoms with Gasteiger partial charge in [0, 0.05) is 18.6 Å². The summed E-state index contributed by atoms with van der Waals surface area (Å²) in [7, 11) is 1.54. The summed E-state index contributed by atoms with van der Waals surface area (Å²) < 4.78 is 4.84. The van der Waals surface area contributed by atoms with E-state index in [-0.39, 0.29) is 19.1 Å². The smallest absolute Gasteiger partial charge is 0.325 e. The topological polar surface area (TPSA) is 59.5 Å². The van der Waals surface area contributed by atoms with Crippen LogP contribution in [0.2, 0.25) is 5.15 Å². The van der Waals surface area contributed by atoms with E-state index in [0.717, 1.165) is 0 Å². The predicted molar refractivity (Wildman–Crippen MR) is 80.3 cm³/mol. The van der Waals surface area contributed by atoms with Gasteiger partial charge in [-0.1, -0.05) is 35.9 Å². The van der Waals surface area contributed by atoms with E-state index in [2.05, 4.69) is 4.98 Å². The van der Waals surface area contributed by atoms with Crippen LogP contribution < -0.4 is 0 Å². The average molecular weight is 307 g/mol. The molecule has 110 valence electrons. The quantitative estimate of drug-likeness (QED) is 0.643. The van der Waals surface area contributed by atoms with Crippen LogP contribution in [0.1, 0.15) is 17.3 Å². The number of halogens is 1. The number of aromatic nitrogens is 1. The van der Waals surface area contributed by atoms with Gasteiger partial charge in [-0.05, 0) is 12.3 Å². The Hall–Kier alpha value is -2.14. The number of nitrogens with zero attached hydrogens (tertiary/aromatic N) is 2. The Labute approximate surface area is 127 Å². The first-order valence-corrected chi connectivity index (χ1v) is 6.86. The molecule has 21 heavy (non-hydrogen) atoms. The van der Waals surface area contributed by atoms with Crippen LogP contribution in [0.5, 0.6) is 0 Å². The lowest BCUT2D eigenvalue weighted by atomic mass is 10.1. The van der Waals surface area contributed by atoms with Crippen molar-refractivity contribution >= 4 is 34.2 Å². The van der Waals surface area contributed by atoms with Crippen LogP contribution in [-0.2, 0) is 9.53 Å². The molecule has 1 aromatic heterocycles. The van der Waals surface area contributed by atoms with Crippen LogP contribution in [0.4, 0.5) is 0 Å². The molecule has 0 unspecified atom stereocenters. The molecule has 6 heteroatoms. The molecule has 2 rings (SSSR count). The highest BCUT2D eigenvalue weighted by molar-refractivity contribution is 6.34. The molecule has 0 radical (unpaired) electrons. The highest BCUT2D eigenvalue weighted by Gasteiger charge is 2.19. The Kier molecular flexibility index (Phi) is 4.75. The van der Waals surface area contributed by atoms with Gasteiger partial charge in [-0.25, -0.2) is 4.98 Å². The lowest BCUT2D eigenvalue weighted by molar-refractivity contribution is -0.143. The number of amides is 1. The largest absolute Gasteiger partial charge is 0.465 e. The van der Waals surface area contributed by atoms with Crippen molar-refractivity contribution in [2.45, 2.75) is 6.92 Å². The lowest BCUT2D eigenvalue weighted by Gasteiger charge is -2.17. The summed E-state index contributed by atoms with van der Waals surface area (Å²) in [6.07, 6.45) is 1.43. The Bertz CT molecular complexity index is 688.